The average molecular weight is 320 g/mol. The van der Waals surface area contributed by atoms with Crippen LogP contribution in [0.25, 0.3) is 0 Å². The fourth-order valence-corrected chi connectivity index (χ4v) is 4.09. The first kappa shape index (κ1) is 12.6. The van der Waals surface area contributed by atoms with Crippen molar-refractivity contribution in [2.45, 2.75) is 30.9 Å². The van der Waals surface area contributed by atoms with Crippen molar-refractivity contribution in [3.05, 3.63) is 16.7 Å². The zero-order valence-corrected chi connectivity index (χ0v) is 11.6. The topological polar surface area (TPSA) is 85.1 Å². The standard InChI is InChI=1S/C10H14BrN3O2S/c11-9-5-7(12)6-13-10(9)14-17(15,16)8-3-1-2-4-8/h5-6,8H,1-4,12H2,(H,13,14). The molecule has 0 unspecified atom stereocenters. The number of aromatic nitrogens is 1. The van der Waals surface area contributed by atoms with E-state index in [0.29, 0.717) is 16.0 Å². The van der Waals surface area contributed by atoms with Gasteiger partial charge in [0.25, 0.3) is 0 Å². The summed E-state index contributed by atoms with van der Waals surface area (Å²) in [5, 5.41) is -0.297. The van der Waals surface area contributed by atoms with Crippen LogP contribution < -0.4 is 10.5 Å². The van der Waals surface area contributed by atoms with Gasteiger partial charge in [0.15, 0.2) is 5.82 Å². The molecule has 7 heteroatoms. The highest BCUT2D eigenvalue weighted by molar-refractivity contribution is 9.10. The second kappa shape index (κ2) is 4.81. The minimum Gasteiger partial charge on any atom is -0.397 e. The largest absolute Gasteiger partial charge is 0.397 e. The van der Waals surface area contributed by atoms with Gasteiger partial charge in [-0.2, -0.15) is 0 Å². The summed E-state index contributed by atoms with van der Waals surface area (Å²) in [5.41, 5.74) is 6.03. The van der Waals surface area contributed by atoms with Crippen molar-refractivity contribution in [1.82, 2.24) is 4.98 Å². The smallest absolute Gasteiger partial charge is 0.236 e. The molecule has 0 radical (unpaired) electrons. The molecular formula is C10H14BrN3O2S. The Labute approximate surface area is 109 Å². The molecule has 1 saturated carbocycles. The van der Waals surface area contributed by atoms with E-state index < -0.39 is 10.0 Å². The molecule has 0 aromatic carbocycles. The first-order valence-electron chi connectivity index (χ1n) is 5.42. The maximum Gasteiger partial charge on any atom is 0.236 e. The van der Waals surface area contributed by atoms with Crippen molar-refractivity contribution in [2.24, 2.45) is 0 Å². The highest BCUT2D eigenvalue weighted by Gasteiger charge is 2.29. The van der Waals surface area contributed by atoms with Crippen LogP contribution in [0.15, 0.2) is 16.7 Å². The molecular weight excluding hydrogens is 306 g/mol. The zero-order chi connectivity index (χ0) is 12.5. The van der Waals surface area contributed by atoms with Crippen molar-refractivity contribution in [3.63, 3.8) is 0 Å². The Kier molecular flexibility index (Phi) is 3.58. The molecule has 2 rings (SSSR count). The molecule has 94 valence electrons. The molecule has 17 heavy (non-hydrogen) atoms. The van der Waals surface area contributed by atoms with Crippen LogP contribution in [0, 0.1) is 0 Å². The average Bonchev–Trinajstić information content (AvgIpc) is 2.76. The number of hydrogen-bond donors (Lipinski definition) is 2. The predicted molar refractivity (Wildman–Crippen MR) is 71.1 cm³/mol. The summed E-state index contributed by atoms with van der Waals surface area (Å²) in [5.74, 6) is 0.297. The molecule has 0 atom stereocenters. The van der Waals surface area contributed by atoms with Gasteiger partial charge >= 0.3 is 0 Å². The Morgan fingerprint density at radius 1 is 1.41 bits per heavy atom. The lowest BCUT2D eigenvalue weighted by Gasteiger charge is -2.13. The maximum absolute atomic E-state index is 12.0. The van der Waals surface area contributed by atoms with Crippen LogP contribution in [0.3, 0.4) is 0 Å². The van der Waals surface area contributed by atoms with E-state index in [4.69, 9.17) is 5.73 Å². The van der Waals surface area contributed by atoms with Crippen LogP contribution in [0.1, 0.15) is 25.7 Å². The molecule has 1 fully saturated rings. The van der Waals surface area contributed by atoms with E-state index in [1.807, 2.05) is 0 Å². The normalized spacial score (nSPS) is 17.2. The monoisotopic (exact) mass is 319 g/mol. The minimum absolute atomic E-state index is 0.297. The van der Waals surface area contributed by atoms with E-state index in [1.165, 1.54) is 6.20 Å². The van der Waals surface area contributed by atoms with Gasteiger partial charge in [-0.1, -0.05) is 12.8 Å². The van der Waals surface area contributed by atoms with Crippen LogP contribution in [0.4, 0.5) is 11.5 Å². The molecule has 3 N–H and O–H groups in total. The summed E-state index contributed by atoms with van der Waals surface area (Å²) < 4.78 is 27.1. The molecule has 1 aromatic rings. The van der Waals surface area contributed by atoms with Crippen molar-refractivity contribution >= 4 is 37.5 Å². The summed E-state index contributed by atoms with van der Waals surface area (Å²) in [6, 6.07) is 1.62. The van der Waals surface area contributed by atoms with Gasteiger partial charge < -0.3 is 5.73 Å². The quantitative estimate of drug-likeness (QED) is 0.893. The third-order valence-corrected chi connectivity index (χ3v) is 5.27. The number of nitrogens with one attached hydrogen (secondary N) is 1. The number of nitrogen functional groups attached to an aromatic ring is 1. The molecule has 0 saturated heterocycles. The fraction of sp³-hybridized carbons (Fsp3) is 0.500. The van der Waals surface area contributed by atoms with E-state index in [-0.39, 0.29) is 5.25 Å². The SMILES string of the molecule is Nc1cnc(NS(=O)(=O)C2CCCC2)c(Br)c1. The van der Waals surface area contributed by atoms with Crippen LogP contribution in [0.2, 0.25) is 0 Å². The lowest BCUT2D eigenvalue weighted by atomic mass is 10.4. The Bertz CT molecular complexity index is 512. The van der Waals surface area contributed by atoms with E-state index in [2.05, 4.69) is 25.6 Å². The van der Waals surface area contributed by atoms with Gasteiger partial charge in [0.2, 0.25) is 10.0 Å². The third kappa shape index (κ3) is 2.90. The molecule has 1 aliphatic rings. The van der Waals surface area contributed by atoms with Gasteiger partial charge in [-0.3, -0.25) is 4.72 Å². The van der Waals surface area contributed by atoms with Gasteiger partial charge in [-0.05, 0) is 34.8 Å². The summed E-state index contributed by atoms with van der Waals surface area (Å²) in [6.07, 6.45) is 4.82. The summed E-state index contributed by atoms with van der Waals surface area (Å²) >= 11 is 3.24. The summed E-state index contributed by atoms with van der Waals surface area (Å²) in [6.45, 7) is 0. The van der Waals surface area contributed by atoms with Crippen molar-refractivity contribution in [1.29, 1.82) is 0 Å². The molecule has 1 aliphatic carbocycles. The molecule has 0 spiro atoms. The van der Waals surface area contributed by atoms with E-state index >= 15 is 0 Å². The predicted octanol–water partition coefficient (Wildman–Crippen LogP) is 2.11. The van der Waals surface area contributed by atoms with Crippen molar-refractivity contribution < 1.29 is 8.42 Å². The molecule has 5 nitrogen and oxygen atoms in total. The number of halogens is 1. The number of nitrogens with zero attached hydrogens (tertiary/aromatic N) is 1. The van der Waals surface area contributed by atoms with E-state index in [0.717, 1.165) is 25.7 Å². The van der Waals surface area contributed by atoms with Gasteiger partial charge in [-0.15, -0.1) is 0 Å². The Balaban J connectivity index is 2.19. The second-order valence-electron chi connectivity index (χ2n) is 4.15. The molecule has 0 bridgehead atoms. The van der Waals surface area contributed by atoms with Crippen molar-refractivity contribution in [2.75, 3.05) is 10.5 Å². The molecule has 1 heterocycles. The van der Waals surface area contributed by atoms with Crippen LogP contribution in [-0.4, -0.2) is 18.7 Å². The number of sulfonamides is 1. The van der Waals surface area contributed by atoms with Gasteiger partial charge in [0.05, 0.1) is 21.6 Å². The Morgan fingerprint density at radius 3 is 2.65 bits per heavy atom. The number of pyridine rings is 1. The summed E-state index contributed by atoms with van der Waals surface area (Å²) in [7, 11) is -3.33. The molecule has 0 amide bonds. The zero-order valence-electron chi connectivity index (χ0n) is 9.19. The Morgan fingerprint density at radius 2 is 2.06 bits per heavy atom. The van der Waals surface area contributed by atoms with Crippen LogP contribution in [-0.2, 0) is 10.0 Å². The number of rotatable bonds is 3. The highest BCUT2D eigenvalue weighted by Crippen LogP contribution is 2.28. The minimum atomic E-state index is -3.33. The van der Waals surface area contributed by atoms with Crippen LogP contribution in [0.5, 0.6) is 0 Å². The highest BCUT2D eigenvalue weighted by atomic mass is 79.9. The van der Waals surface area contributed by atoms with Gasteiger partial charge in [0, 0.05) is 0 Å². The number of nitrogens with two attached hydrogens (primary N) is 1. The first-order chi connectivity index (χ1) is 7.99. The molecule has 0 aliphatic heterocycles. The second-order valence-corrected chi connectivity index (χ2v) is 6.97. The third-order valence-electron chi connectivity index (χ3n) is 2.84. The number of hydrogen-bond acceptors (Lipinski definition) is 4. The van der Waals surface area contributed by atoms with Crippen molar-refractivity contribution in [3.8, 4) is 0 Å². The first-order valence-corrected chi connectivity index (χ1v) is 7.75. The maximum atomic E-state index is 12.0. The fourth-order valence-electron chi connectivity index (χ4n) is 1.94. The van der Waals surface area contributed by atoms with E-state index in [1.54, 1.807) is 6.07 Å². The van der Waals surface area contributed by atoms with Gasteiger partial charge in [-0.25, -0.2) is 13.4 Å². The van der Waals surface area contributed by atoms with Crippen LogP contribution >= 0.6 is 15.9 Å². The summed E-state index contributed by atoms with van der Waals surface area (Å²) in [4.78, 5) is 3.97. The lowest BCUT2D eigenvalue weighted by Crippen LogP contribution is -2.25. The number of anilines is 2. The molecule has 1 aromatic heterocycles. The van der Waals surface area contributed by atoms with E-state index in [9.17, 15) is 8.42 Å². The lowest BCUT2D eigenvalue weighted by molar-refractivity contribution is 0.585. The van der Waals surface area contributed by atoms with Gasteiger partial charge in [0.1, 0.15) is 0 Å². The Hall–Kier alpha value is -0.820.